The third kappa shape index (κ3) is 2.36. The van der Waals surface area contributed by atoms with Crippen LogP contribution in [0, 0.1) is 0 Å². The molecule has 0 unspecified atom stereocenters. The maximum absolute atomic E-state index is 5.55. The number of rotatable bonds is 3. The highest BCUT2D eigenvalue weighted by Gasteiger charge is 2.04. The molecule has 0 bridgehead atoms. The Morgan fingerprint density at radius 2 is 1.89 bits per heavy atom. The monoisotopic (exact) mass is 251 g/mol. The van der Waals surface area contributed by atoms with Gasteiger partial charge in [0.25, 0.3) is 0 Å². The first-order chi connectivity index (χ1) is 9.36. The van der Waals surface area contributed by atoms with Crippen LogP contribution in [0.15, 0.2) is 55.1 Å². The van der Waals surface area contributed by atoms with Gasteiger partial charge in [-0.05, 0) is 29.8 Å². The van der Waals surface area contributed by atoms with E-state index in [1.807, 2.05) is 36.5 Å². The minimum atomic E-state index is 0.495. The van der Waals surface area contributed by atoms with Gasteiger partial charge >= 0.3 is 0 Å². The average Bonchev–Trinajstić information content (AvgIpc) is 2.98. The molecule has 0 spiro atoms. The van der Waals surface area contributed by atoms with Crippen molar-refractivity contribution < 1.29 is 0 Å². The zero-order chi connectivity index (χ0) is 13.1. The molecule has 2 N–H and O–H groups in total. The van der Waals surface area contributed by atoms with Gasteiger partial charge in [0.2, 0.25) is 0 Å². The van der Waals surface area contributed by atoms with E-state index >= 15 is 0 Å². The maximum Gasteiger partial charge on any atom is 0.153 e. The summed E-state index contributed by atoms with van der Waals surface area (Å²) in [5.74, 6) is 0.775. The molecule has 0 atom stereocenters. The first-order valence-corrected chi connectivity index (χ1v) is 5.98. The van der Waals surface area contributed by atoms with Crippen molar-refractivity contribution in [2.45, 2.75) is 6.54 Å². The van der Waals surface area contributed by atoms with Crippen LogP contribution in [0.3, 0.4) is 0 Å². The van der Waals surface area contributed by atoms with Crippen molar-refractivity contribution in [1.82, 2.24) is 19.7 Å². The second kappa shape index (κ2) is 4.99. The molecule has 19 heavy (non-hydrogen) atoms. The third-order valence-electron chi connectivity index (χ3n) is 2.84. The molecule has 3 aromatic rings. The lowest BCUT2D eigenvalue weighted by Gasteiger charge is -2.01. The van der Waals surface area contributed by atoms with Gasteiger partial charge in [0, 0.05) is 36.9 Å². The van der Waals surface area contributed by atoms with Crippen LogP contribution in [0.1, 0.15) is 5.56 Å². The average molecular weight is 251 g/mol. The van der Waals surface area contributed by atoms with Crippen molar-refractivity contribution in [3.8, 4) is 17.1 Å². The molecule has 3 aromatic heterocycles. The highest BCUT2D eigenvalue weighted by molar-refractivity contribution is 5.57. The Balaban J connectivity index is 1.92. The summed E-state index contributed by atoms with van der Waals surface area (Å²) in [5.41, 5.74) is 8.49. The molecule has 0 aliphatic carbocycles. The molecule has 0 aliphatic heterocycles. The van der Waals surface area contributed by atoms with Crippen molar-refractivity contribution in [3.63, 3.8) is 0 Å². The Morgan fingerprint density at radius 1 is 1.05 bits per heavy atom. The molecule has 5 nitrogen and oxygen atoms in total. The van der Waals surface area contributed by atoms with Crippen LogP contribution in [-0.2, 0) is 6.54 Å². The Bertz CT molecular complexity index is 658. The summed E-state index contributed by atoms with van der Waals surface area (Å²) >= 11 is 0. The van der Waals surface area contributed by atoms with Crippen molar-refractivity contribution in [3.05, 3.63) is 60.7 Å². The smallest absolute Gasteiger partial charge is 0.153 e. The van der Waals surface area contributed by atoms with E-state index in [2.05, 4.69) is 15.1 Å². The second-order valence-corrected chi connectivity index (χ2v) is 4.11. The normalized spacial score (nSPS) is 10.6. The van der Waals surface area contributed by atoms with Gasteiger partial charge in [-0.1, -0.05) is 6.07 Å². The van der Waals surface area contributed by atoms with Gasteiger partial charge in [-0.15, -0.1) is 0 Å². The molecule has 0 saturated carbocycles. The van der Waals surface area contributed by atoms with E-state index < -0.39 is 0 Å². The highest BCUT2D eigenvalue weighted by Crippen LogP contribution is 2.16. The van der Waals surface area contributed by atoms with Gasteiger partial charge in [0.15, 0.2) is 5.82 Å². The summed E-state index contributed by atoms with van der Waals surface area (Å²) in [6, 6.07) is 9.67. The Kier molecular flexibility index (Phi) is 3.04. The van der Waals surface area contributed by atoms with E-state index in [4.69, 9.17) is 5.73 Å². The van der Waals surface area contributed by atoms with Gasteiger partial charge < -0.3 is 5.73 Å². The van der Waals surface area contributed by atoms with E-state index in [-0.39, 0.29) is 0 Å². The van der Waals surface area contributed by atoms with Crippen LogP contribution in [-0.4, -0.2) is 19.7 Å². The zero-order valence-corrected chi connectivity index (χ0v) is 10.3. The summed E-state index contributed by atoms with van der Waals surface area (Å²) < 4.78 is 1.75. The van der Waals surface area contributed by atoms with E-state index in [9.17, 15) is 0 Å². The molecule has 0 saturated heterocycles. The fourth-order valence-corrected chi connectivity index (χ4v) is 1.80. The fourth-order valence-electron chi connectivity index (χ4n) is 1.80. The fraction of sp³-hybridized carbons (Fsp3) is 0.0714. The van der Waals surface area contributed by atoms with E-state index in [0.29, 0.717) is 6.54 Å². The van der Waals surface area contributed by atoms with Gasteiger partial charge in [-0.3, -0.25) is 4.98 Å². The molecule has 0 amide bonds. The van der Waals surface area contributed by atoms with Gasteiger partial charge in [0.05, 0.1) is 5.69 Å². The minimum Gasteiger partial charge on any atom is -0.326 e. The molecule has 0 aromatic carbocycles. The van der Waals surface area contributed by atoms with Gasteiger partial charge in [-0.2, -0.15) is 5.10 Å². The molecule has 5 heteroatoms. The molecule has 0 aliphatic rings. The van der Waals surface area contributed by atoms with Crippen molar-refractivity contribution in [1.29, 1.82) is 0 Å². The lowest BCUT2D eigenvalue weighted by molar-refractivity contribution is 0.845. The number of aromatic nitrogens is 4. The lowest BCUT2D eigenvalue weighted by atomic mass is 10.2. The predicted octanol–water partition coefficient (Wildman–Crippen LogP) is 1.79. The van der Waals surface area contributed by atoms with Gasteiger partial charge in [0.1, 0.15) is 0 Å². The molecule has 0 radical (unpaired) electrons. The topological polar surface area (TPSA) is 69.6 Å². The maximum atomic E-state index is 5.55. The first-order valence-electron chi connectivity index (χ1n) is 5.98. The summed E-state index contributed by atoms with van der Waals surface area (Å²) in [6.07, 6.45) is 7.16. The molecule has 0 fully saturated rings. The molecular weight excluding hydrogens is 238 g/mol. The Labute approximate surface area is 110 Å². The molecular formula is C14H13N5. The van der Waals surface area contributed by atoms with Gasteiger partial charge in [-0.25, -0.2) is 9.67 Å². The Hall–Kier alpha value is -2.53. The first kappa shape index (κ1) is 11.6. The highest BCUT2D eigenvalue weighted by atomic mass is 15.3. The van der Waals surface area contributed by atoms with Crippen LogP contribution >= 0.6 is 0 Å². The number of nitrogens with zero attached hydrogens (tertiary/aromatic N) is 4. The zero-order valence-electron chi connectivity index (χ0n) is 10.3. The SMILES string of the molecule is NCc1ccc(-n2ccc(-c3ccncc3)n2)nc1. The summed E-state index contributed by atoms with van der Waals surface area (Å²) in [5, 5.41) is 4.50. The van der Waals surface area contributed by atoms with Crippen LogP contribution in [0.25, 0.3) is 17.1 Å². The quantitative estimate of drug-likeness (QED) is 0.770. The summed E-state index contributed by atoms with van der Waals surface area (Å²) in [6.45, 7) is 0.495. The van der Waals surface area contributed by atoms with Crippen LogP contribution in [0.2, 0.25) is 0 Å². The van der Waals surface area contributed by atoms with Crippen molar-refractivity contribution in [2.75, 3.05) is 0 Å². The van der Waals surface area contributed by atoms with Crippen LogP contribution in [0.5, 0.6) is 0 Å². The molecule has 94 valence electrons. The summed E-state index contributed by atoms with van der Waals surface area (Å²) in [7, 11) is 0. The summed E-state index contributed by atoms with van der Waals surface area (Å²) in [4.78, 5) is 8.33. The standard InChI is InChI=1S/C14H13N5/c15-9-11-1-2-14(17-10-11)19-8-5-13(18-19)12-3-6-16-7-4-12/h1-8,10H,9,15H2. The largest absolute Gasteiger partial charge is 0.326 e. The third-order valence-corrected chi connectivity index (χ3v) is 2.84. The number of nitrogens with two attached hydrogens (primary N) is 1. The van der Waals surface area contributed by atoms with Crippen molar-refractivity contribution in [2.24, 2.45) is 5.73 Å². The van der Waals surface area contributed by atoms with E-state index in [0.717, 1.165) is 22.6 Å². The minimum absolute atomic E-state index is 0.495. The predicted molar refractivity (Wildman–Crippen MR) is 72.5 cm³/mol. The van der Waals surface area contributed by atoms with Crippen molar-refractivity contribution >= 4 is 0 Å². The molecule has 3 heterocycles. The van der Waals surface area contributed by atoms with E-state index in [1.165, 1.54) is 0 Å². The van der Waals surface area contributed by atoms with Crippen LogP contribution in [0.4, 0.5) is 0 Å². The lowest BCUT2D eigenvalue weighted by Crippen LogP contribution is -2.01. The number of pyridine rings is 2. The Morgan fingerprint density at radius 3 is 2.58 bits per heavy atom. The molecule has 3 rings (SSSR count). The van der Waals surface area contributed by atoms with E-state index in [1.54, 1.807) is 23.3 Å². The van der Waals surface area contributed by atoms with Crippen LogP contribution < -0.4 is 5.73 Å². The second-order valence-electron chi connectivity index (χ2n) is 4.11. The number of hydrogen-bond acceptors (Lipinski definition) is 4. The number of hydrogen-bond donors (Lipinski definition) is 1.